The predicted octanol–water partition coefficient (Wildman–Crippen LogP) is 0.959. The van der Waals surface area contributed by atoms with E-state index in [1.807, 2.05) is 12.2 Å². The van der Waals surface area contributed by atoms with Crippen molar-refractivity contribution in [3.05, 3.63) is 31.7 Å². The Morgan fingerprint density at radius 1 is 1.36 bits per heavy atom. The van der Waals surface area contributed by atoms with Crippen LogP contribution in [0.3, 0.4) is 0 Å². The number of hydrogen-bond donors (Lipinski definition) is 0. The first kappa shape index (κ1) is 13.0. The Balaban J connectivity index is 0. The molecule has 0 aromatic rings. The van der Waals surface area contributed by atoms with Gasteiger partial charge in [-0.1, -0.05) is 0 Å². The van der Waals surface area contributed by atoms with E-state index >= 15 is 0 Å². The SMILES string of the molecule is O=[C]=[W]=[C]=O.[C-]1=CC=CC1.[CH3-]. The van der Waals surface area contributed by atoms with Gasteiger partial charge in [0.15, 0.2) is 0 Å². The summed E-state index contributed by atoms with van der Waals surface area (Å²) in [5.74, 6) is 0. The van der Waals surface area contributed by atoms with Gasteiger partial charge in [0.25, 0.3) is 0 Å². The first-order valence-electron chi connectivity index (χ1n) is 2.53. The van der Waals surface area contributed by atoms with Crippen LogP contribution in [0.25, 0.3) is 0 Å². The van der Waals surface area contributed by atoms with Crippen molar-refractivity contribution in [2.75, 3.05) is 0 Å². The van der Waals surface area contributed by atoms with Gasteiger partial charge in [-0.3, -0.25) is 6.08 Å². The van der Waals surface area contributed by atoms with Gasteiger partial charge in [0.1, 0.15) is 0 Å². The predicted molar refractivity (Wildman–Crippen MR) is 39.4 cm³/mol. The van der Waals surface area contributed by atoms with Crippen LogP contribution in [0.2, 0.25) is 0 Å². The number of carbonyl (C=O) groups excluding carboxylic acids is 2. The molecule has 0 saturated carbocycles. The molecule has 0 bridgehead atoms. The van der Waals surface area contributed by atoms with E-state index in [4.69, 9.17) is 9.59 Å². The summed E-state index contributed by atoms with van der Waals surface area (Å²) in [7, 11) is 0. The summed E-state index contributed by atoms with van der Waals surface area (Å²) in [6, 6.07) is 0. The Morgan fingerprint density at radius 3 is 2.09 bits per heavy atom. The van der Waals surface area contributed by atoms with Crippen LogP contribution in [0.4, 0.5) is 0 Å². The number of hydrogen-bond acceptors (Lipinski definition) is 2. The molecular formula is C8H8O2W-2. The minimum absolute atomic E-state index is 0. The molecule has 0 atom stereocenters. The zero-order chi connectivity index (χ0) is 7.66. The monoisotopic (exact) mass is 320 g/mol. The molecule has 0 aliphatic heterocycles. The summed E-state index contributed by atoms with van der Waals surface area (Å²) in [5.41, 5.74) is 0. The average molecular weight is 320 g/mol. The minimum Gasteiger partial charge on any atom is -0.358 e. The van der Waals surface area contributed by atoms with Crippen LogP contribution in [-0.2, 0) is 27.2 Å². The molecule has 0 N–H and O–H groups in total. The van der Waals surface area contributed by atoms with Crippen molar-refractivity contribution in [2.24, 2.45) is 0 Å². The van der Waals surface area contributed by atoms with E-state index in [1.54, 1.807) is 0 Å². The van der Waals surface area contributed by atoms with Crippen molar-refractivity contribution in [2.45, 2.75) is 6.42 Å². The quantitative estimate of drug-likeness (QED) is 0.623. The Morgan fingerprint density at radius 2 is 2.00 bits per heavy atom. The van der Waals surface area contributed by atoms with Crippen molar-refractivity contribution >= 4 is 8.53 Å². The summed E-state index contributed by atoms with van der Waals surface area (Å²) in [6.07, 6.45) is 10.0. The van der Waals surface area contributed by atoms with Crippen LogP contribution < -0.4 is 0 Å². The topological polar surface area (TPSA) is 34.1 Å². The van der Waals surface area contributed by atoms with E-state index in [0.717, 1.165) is 6.42 Å². The van der Waals surface area contributed by atoms with Crippen molar-refractivity contribution < 1.29 is 27.2 Å². The van der Waals surface area contributed by atoms with Gasteiger partial charge in [-0.15, -0.1) is 6.42 Å². The van der Waals surface area contributed by atoms with E-state index in [0.29, 0.717) is 0 Å². The van der Waals surface area contributed by atoms with Crippen molar-refractivity contribution in [1.82, 2.24) is 0 Å². The zero-order valence-corrected chi connectivity index (χ0v) is 9.10. The fourth-order valence-corrected chi connectivity index (χ4v) is 0.479. The molecule has 1 rings (SSSR count). The second-order valence-electron chi connectivity index (χ2n) is 1.27. The number of allylic oxidation sites excluding steroid dienone is 4. The van der Waals surface area contributed by atoms with Crippen LogP contribution in [0.15, 0.2) is 18.2 Å². The maximum atomic E-state index is 9.09. The molecule has 11 heavy (non-hydrogen) atoms. The molecule has 0 unspecified atom stereocenters. The fraction of sp³-hybridized carbons (Fsp3) is 0.125. The van der Waals surface area contributed by atoms with Gasteiger partial charge in [0.05, 0.1) is 0 Å². The van der Waals surface area contributed by atoms with Crippen molar-refractivity contribution in [3.63, 3.8) is 0 Å². The van der Waals surface area contributed by atoms with E-state index in [1.165, 1.54) is 8.53 Å². The molecule has 1 aliphatic carbocycles. The second-order valence-corrected chi connectivity index (χ2v) is 3.20. The van der Waals surface area contributed by atoms with Crippen LogP contribution in [0.1, 0.15) is 6.42 Å². The molecule has 0 saturated heterocycles. The molecule has 0 aromatic carbocycles. The van der Waals surface area contributed by atoms with Gasteiger partial charge < -0.3 is 7.43 Å². The van der Waals surface area contributed by atoms with E-state index in [-0.39, 0.29) is 7.43 Å². The molecule has 1 aliphatic rings. The first-order chi connectivity index (χ1) is 4.91. The van der Waals surface area contributed by atoms with Crippen molar-refractivity contribution in [3.8, 4) is 0 Å². The van der Waals surface area contributed by atoms with Crippen LogP contribution in [0.5, 0.6) is 0 Å². The van der Waals surface area contributed by atoms with Gasteiger partial charge >= 0.3 is 35.8 Å². The van der Waals surface area contributed by atoms with E-state index in [2.05, 4.69) is 12.2 Å². The molecule has 0 fully saturated rings. The van der Waals surface area contributed by atoms with Gasteiger partial charge in [-0.25, -0.2) is 12.2 Å². The number of rotatable bonds is 0. The molecule has 60 valence electrons. The van der Waals surface area contributed by atoms with Crippen LogP contribution >= 0.6 is 0 Å². The van der Waals surface area contributed by atoms with Gasteiger partial charge in [0, 0.05) is 0 Å². The molecule has 3 heteroatoms. The first-order valence-corrected chi connectivity index (χ1v) is 5.47. The summed E-state index contributed by atoms with van der Waals surface area (Å²) >= 11 is -1.37. The molecule has 0 aromatic heterocycles. The largest absolute Gasteiger partial charge is 0.358 e. The Labute approximate surface area is 74.2 Å². The smallest absolute Gasteiger partial charge is 0.109 e. The van der Waals surface area contributed by atoms with E-state index in [9.17, 15) is 0 Å². The maximum Gasteiger partial charge on any atom is -0.109 e. The standard InChI is InChI=1S/C5H5.2CO.CH3.W/c1-2-4-5-3-1;2*1-2;;/h1-3H,4H2;;;1H3;/q-1;;;-1;. The second kappa shape index (κ2) is 12.0. The third kappa shape index (κ3) is 12.5. The van der Waals surface area contributed by atoms with Gasteiger partial charge in [0.2, 0.25) is 0 Å². The third-order valence-corrected chi connectivity index (χ3v) is 1.27. The normalized spacial score (nSPS) is 9.82. The summed E-state index contributed by atoms with van der Waals surface area (Å²) in [4.78, 5) is 18.2. The molecule has 2 nitrogen and oxygen atoms in total. The molecular weight excluding hydrogens is 312 g/mol. The zero-order valence-electron chi connectivity index (χ0n) is 6.16. The molecule has 0 spiro atoms. The van der Waals surface area contributed by atoms with Gasteiger partial charge in [-0.05, 0) is 0 Å². The molecule has 0 heterocycles. The van der Waals surface area contributed by atoms with Crippen LogP contribution in [-0.4, -0.2) is 8.53 Å². The Kier molecular flexibility index (Phi) is 14.2. The summed E-state index contributed by atoms with van der Waals surface area (Å²) in [6.45, 7) is 0. The van der Waals surface area contributed by atoms with E-state index < -0.39 is 17.6 Å². The van der Waals surface area contributed by atoms with Crippen molar-refractivity contribution in [1.29, 1.82) is 0 Å². The Hall–Kier alpha value is -0.672. The summed E-state index contributed by atoms with van der Waals surface area (Å²) < 4.78 is 3.02. The van der Waals surface area contributed by atoms with Gasteiger partial charge in [-0.2, -0.15) is 6.08 Å². The minimum atomic E-state index is -1.37. The van der Waals surface area contributed by atoms with Crippen LogP contribution in [0, 0.1) is 13.5 Å². The average Bonchev–Trinajstić information content (AvgIpc) is 2.44. The third-order valence-electron chi connectivity index (χ3n) is 0.669. The maximum absolute atomic E-state index is 9.09. The molecule has 0 amide bonds. The fourth-order valence-electron chi connectivity index (χ4n) is 0.357. The summed E-state index contributed by atoms with van der Waals surface area (Å²) in [5, 5.41) is 0. The Bertz CT molecular complexity index is 215. The molecule has 0 radical (unpaired) electrons.